The van der Waals surface area contributed by atoms with Crippen molar-refractivity contribution in [2.45, 2.75) is 31.9 Å². The number of allylic oxidation sites excluding steroid dienone is 4. The van der Waals surface area contributed by atoms with Crippen LogP contribution < -0.4 is 4.74 Å². The Bertz CT molecular complexity index is 926. The fourth-order valence-electron chi connectivity index (χ4n) is 3.20. The van der Waals surface area contributed by atoms with Gasteiger partial charge >= 0.3 is 0 Å². The summed E-state index contributed by atoms with van der Waals surface area (Å²) in [4.78, 5) is 0. The van der Waals surface area contributed by atoms with Crippen LogP contribution in [0.4, 0.5) is 8.78 Å². The van der Waals surface area contributed by atoms with E-state index >= 15 is 4.39 Å². The first-order chi connectivity index (χ1) is 13.1. The van der Waals surface area contributed by atoms with E-state index in [9.17, 15) is 4.39 Å². The molecule has 2 nitrogen and oxygen atoms in total. The van der Waals surface area contributed by atoms with Gasteiger partial charge in [-0.1, -0.05) is 55.8 Å². The molecule has 27 heavy (non-hydrogen) atoms. The SMILES string of the molecule is CCCCOc1cccc(-c2ccccc2C2(F)CC=CC(C#N)=C2F)c1. The van der Waals surface area contributed by atoms with Crippen molar-refractivity contribution in [1.29, 1.82) is 5.26 Å². The Labute approximate surface area is 158 Å². The van der Waals surface area contributed by atoms with Crippen LogP contribution in [0.5, 0.6) is 5.75 Å². The first kappa shape index (κ1) is 18.8. The number of rotatable bonds is 6. The second-order valence-electron chi connectivity index (χ2n) is 6.52. The molecule has 0 fully saturated rings. The van der Waals surface area contributed by atoms with E-state index in [2.05, 4.69) is 6.92 Å². The second-order valence-corrected chi connectivity index (χ2v) is 6.52. The molecule has 1 aliphatic carbocycles. The van der Waals surface area contributed by atoms with E-state index in [1.54, 1.807) is 30.3 Å². The molecule has 0 saturated carbocycles. The van der Waals surface area contributed by atoms with Gasteiger partial charge in [-0.3, -0.25) is 0 Å². The van der Waals surface area contributed by atoms with E-state index in [4.69, 9.17) is 10.00 Å². The quantitative estimate of drug-likeness (QED) is 0.555. The zero-order valence-corrected chi connectivity index (χ0v) is 15.2. The van der Waals surface area contributed by atoms with Crippen LogP contribution in [0.3, 0.4) is 0 Å². The summed E-state index contributed by atoms with van der Waals surface area (Å²) in [6, 6.07) is 15.9. The number of halogens is 2. The van der Waals surface area contributed by atoms with Crippen molar-refractivity contribution >= 4 is 0 Å². The Morgan fingerprint density at radius 2 is 2.00 bits per heavy atom. The Hall–Kier alpha value is -2.93. The summed E-state index contributed by atoms with van der Waals surface area (Å²) in [7, 11) is 0. The summed E-state index contributed by atoms with van der Waals surface area (Å²) in [6.45, 7) is 2.70. The van der Waals surface area contributed by atoms with E-state index in [1.165, 1.54) is 12.2 Å². The topological polar surface area (TPSA) is 33.0 Å². The van der Waals surface area contributed by atoms with Gasteiger partial charge in [0.15, 0.2) is 11.5 Å². The highest BCUT2D eigenvalue weighted by Crippen LogP contribution is 2.46. The van der Waals surface area contributed by atoms with Gasteiger partial charge in [0.2, 0.25) is 0 Å². The third kappa shape index (κ3) is 3.78. The van der Waals surface area contributed by atoms with Crippen molar-refractivity contribution < 1.29 is 13.5 Å². The predicted molar refractivity (Wildman–Crippen MR) is 103 cm³/mol. The Morgan fingerprint density at radius 3 is 2.78 bits per heavy atom. The van der Waals surface area contributed by atoms with Crippen LogP contribution in [0, 0.1) is 11.3 Å². The number of ether oxygens (including phenoxy) is 1. The van der Waals surface area contributed by atoms with Crippen LogP contribution in [-0.4, -0.2) is 6.61 Å². The van der Waals surface area contributed by atoms with Crippen LogP contribution in [-0.2, 0) is 5.67 Å². The van der Waals surface area contributed by atoms with Crippen molar-refractivity contribution in [1.82, 2.24) is 0 Å². The van der Waals surface area contributed by atoms with Gasteiger partial charge in [-0.2, -0.15) is 5.26 Å². The Morgan fingerprint density at radius 1 is 1.19 bits per heavy atom. The van der Waals surface area contributed by atoms with Gasteiger partial charge in [0, 0.05) is 12.0 Å². The van der Waals surface area contributed by atoms with Crippen LogP contribution in [0.15, 0.2) is 72.1 Å². The molecule has 2 aromatic rings. The van der Waals surface area contributed by atoms with Crippen LogP contribution >= 0.6 is 0 Å². The lowest BCUT2D eigenvalue weighted by Gasteiger charge is -2.28. The van der Waals surface area contributed by atoms with E-state index in [0.29, 0.717) is 17.9 Å². The number of hydrogen-bond acceptors (Lipinski definition) is 2. The lowest BCUT2D eigenvalue weighted by Crippen LogP contribution is -2.24. The number of nitrogens with zero attached hydrogens (tertiary/aromatic N) is 1. The molecule has 0 heterocycles. The zero-order valence-electron chi connectivity index (χ0n) is 15.2. The fraction of sp³-hybridized carbons (Fsp3) is 0.261. The summed E-state index contributed by atoms with van der Waals surface area (Å²) < 4.78 is 36.3. The monoisotopic (exact) mass is 365 g/mol. The maximum atomic E-state index is 15.8. The Balaban J connectivity index is 2.03. The van der Waals surface area contributed by atoms with E-state index in [1.807, 2.05) is 24.3 Å². The molecule has 0 N–H and O–H groups in total. The van der Waals surface area contributed by atoms with E-state index in [0.717, 1.165) is 18.4 Å². The number of unbranched alkanes of at least 4 members (excludes halogenated alkanes) is 1. The van der Waals surface area contributed by atoms with Gasteiger partial charge in [-0.25, -0.2) is 8.78 Å². The maximum absolute atomic E-state index is 15.8. The zero-order chi connectivity index (χ0) is 19.3. The highest BCUT2D eigenvalue weighted by atomic mass is 19.2. The standard InChI is InChI=1S/C23H21F2NO/c1-2-3-14-27-19-10-6-8-17(15-19)20-11-4-5-12-21(20)23(25)13-7-9-18(16-26)22(23)24/h4-12,15H,2-3,13-14H2,1H3. The second kappa shape index (κ2) is 8.18. The lowest BCUT2D eigenvalue weighted by atomic mass is 9.81. The minimum atomic E-state index is -2.35. The summed E-state index contributed by atoms with van der Waals surface area (Å²) in [5.41, 5.74) is -1.07. The molecule has 138 valence electrons. The molecule has 1 unspecified atom stereocenters. The predicted octanol–water partition coefficient (Wildman–Crippen LogP) is 6.40. The molecule has 0 aromatic heterocycles. The molecule has 0 spiro atoms. The van der Waals surface area contributed by atoms with Gasteiger partial charge in [0.05, 0.1) is 12.2 Å². The average molecular weight is 365 g/mol. The first-order valence-electron chi connectivity index (χ1n) is 9.08. The molecule has 0 bridgehead atoms. The van der Waals surface area contributed by atoms with Crippen molar-refractivity contribution in [3.8, 4) is 22.9 Å². The summed E-state index contributed by atoms with van der Waals surface area (Å²) in [6.07, 6.45) is 4.68. The summed E-state index contributed by atoms with van der Waals surface area (Å²) in [5.74, 6) is -0.337. The van der Waals surface area contributed by atoms with Crippen LogP contribution in [0.25, 0.3) is 11.1 Å². The smallest absolute Gasteiger partial charge is 0.192 e. The highest BCUT2D eigenvalue weighted by Gasteiger charge is 2.41. The number of nitriles is 1. The van der Waals surface area contributed by atoms with Gasteiger partial charge < -0.3 is 4.74 Å². The minimum absolute atomic E-state index is 0.145. The maximum Gasteiger partial charge on any atom is 0.192 e. The van der Waals surface area contributed by atoms with Crippen molar-refractivity contribution in [3.63, 3.8) is 0 Å². The van der Waals surface area contributed by atoms with Gasteiger partial charge in [-0.15, -0.1) is 0 Å². The fourth-order valence-corrected chi connectivity index (χ4v) is 3.20. The summed E-state index contributed by atoms with van der Waals surface area (Å²) >= 11 is 0. The minimum Gasteiger partial charge on any atom is -0.494 e. The molecule has 3 rings (SSSR count). The van der Waals surface area contributed by atoms with Crippen molar-refractivity contribution in [2.24, 2.45) is 0 Å². The number of benzene rings is 2. The molecule has 2 aromatic carbocycles. The third-order valence-corrected chi connectivity index (χ3v) is 4.65. The molecule has 0 radical (unpaired) electrons. The Kier molecular flexibility index (Phi) is 5.71. The molecular weight excluding hydrogens is 344 g/mol. The van der Waals surface area contributed by atoms with Gasteiger partial charge in [0.25, 0.3) is 0 Å². The first-order valence-corrected chi connectivity index (χ1v) is 9.08. The van der Waals surface area contributed by atoms with Gasteiger partial charge in [-0.05, 0) is 35.8 Å². The molecule has 0 saturated heterocycles. The van der Waals surface area contributed by atoms with Crippen LogP contribution in [0.1, 0.15) is 31.7 Å². The molecule has 1 atom stereocenters. The van der Waals surface area contributed by atoms with Crippen LogP contribution in [0.2, 0.25) is 0 Å². The molecule has 1 aliphatic rings. The van der Waals surface area contributed by atoms with E-state index in [-0.39, 0.29) is 17.6 Å². The molecule has 0 amide bonds. The molecule has 4 heteroatoms. The summed E-state index contributed by atoms with van der Waals surface area (Å²) in [5, 5.41) is 9.08. The highest BCUT2D eigenvalue weighted by molar-refractivity contribution is 5.71. The molecule has 0 aliphatic heterocycles. The van der Waals surface area contributed by atoms with Crippen molar-refractivity contribution in [3.05, 3.63) is 77.6 Å². The third-order valence-electron chi connectivity index (χ3n) is 4.65. The average Bonchev–Trinajstić information content (AvgIpc) is 2.70. The largest absolute Gasteiger partial charge is 0.494 e. The lowest BCUT2D eigenvalue weighted by molar-refractivity contribution is 0.176. The number of hydrogen-bond donors (Lipinski definition) is 0. The molecular formula is C23H21F2NO. The normalized spacial score (nSPS) is 19.0. The number of alkyl halides is 1. The van der Waals surface area contributed by atoms with Crippen molar-refractivity contribution in [2.75, 3.05) is 6.61 Å². The van der Waals surface area contributed by atoms with Gasteiger partial charge in [0.1, 0.15) is 11.8 Å². The van der Waals surface area contributed by atoms with E-state index < -0.39 is 11.5 Å².